The predicted octanol–water partition coefficient (Wildman–Crippen LogP) is 2.93. The van der Waals surface area contributed by atoms with Crippen molar-refractivity contribution in [3.8, 4) is 5.75 Å². The number of benzene rings is 1. The first-order valence-corrected chi connectivity index (χ1v) is 7.38. The zero-order chi connectivity index (χ0) is 13.1. The molecule has 2 aromatic rings. The second-order valence-electron chi connectivity index (χ2n) is 4.55. The SMILES string of the molecule is Nc1cnccc1SCCc1ccc2c(c1)CCO2. The number of nitrogen functional groups attached to an aromatic ring is 1. The summed E-state index contributed by atoms with van der Waals surface area (Å²) < 4.78 is 5.51. The van der Waals surface area contributed by atoms with Gasteiger partial charge in [-0.05, 0) is 29.7 Å². The Morgan fingerprint density at radius 2 is 2.26 bits per heavy atom. The first kappa shape index (κ1) is 12.4. The number of fused-ring (bicyclic) bond motifs is 1. The van der Waals surface area contributed by atoms with Gasteiger partial charge in [-0.25, -0.2) is 0 Å². The van der Waals surface area contributed by atoms with Crippen LogP contribution in [-0.2, 0) is 12.8 Å². The van der Waals surface area contributed by atoms with Crippen LogP contribution in [0.1, 0.15) is 11.1 Å². The number of thioether (sulfide) groups is 1. The number of nitrogens with two attached hydrogens (primary N) is 1. The van der Waals surface area contributed by atoms with Crippen LogP contribution in [0.25, 0.3) is 0 Å². The van der Waals surface area contributed by atoms with Gasteiger partial charge in [0.05, 0.1) is 18.5 Å². The van der Waals surface area contributed by atoms with E-state index in [-0.39, 0.29) is 0 Å². The monoisotopic (exact) mass is 272 g/mol. The lowest BCUT2D eigenvalue weighted by Crippen LogP contribution is -1.93. The predicted molar refractivity (Wildman–Crippen MR) is 78.7 cm³/mol. The number of aromatic nitrogens is 1. The molecule has 0 bridgehead atoms. The standard InChI is InChI=1S/C15H16N2OS/c16-13-10-17-6-3-15(13)19-8-5-11-1-2-14-12(9-11)4-7-18-14/h1-3,6,9-10H,4-5,7-8,16H2. The minimum Gasteiger partial charge on any atom is -0.493 e. The van der Waals surface area contributed by atoms with Crippen molar-refractivity contribution in [3.63, 3.8) is 0 Å². The Morgan fingerprint density at radius 3 is 3.16 bits per heavy atom. The molecule has 98 valence electrons. The van der Waals surface area contributed by atoms with Gasteiger partial charge in [0.2, 0.25) is 0 Å². The molecule has 3 rings (SSSR count). The summed E-state index contributed by atoms with van der Waals surface area (Å²) in [5.41, 5.74) is 9.34. The van der Waals surface area contributed by atoms with Crippen LogP contribution < -0.4 is 10.5 Å². The molecule has 1 aromatic heterocycles. The average molecular weight is 272 g/mol. The number of hydrogen-bond donors (Lipinski definition) is 1. The van der Waals surface area contributed by atoms with Gasteiger partial charge in [-0.15, -0.1) is 11.8 Å². The van der Waals surface area contributed by atoms with Gasteiger partial charge in [0.15, 0.2) is 0 Å². The summed E-state index contributed by atoms with van der Waals surface area (Å²) in [5, 5.41) is 0. The highest BCUT2D eigenvalue weighted by atomic mass is 32.2. The van der Waals surface area contributed by atoms with E-state index in [4.69, 9.17) is 10.5 Å². The minimum absolute atomic E-state index is 0.759. The van der Waals surface area contributed by atoms with Crippen molar-refractivity contribution in [1.82, 2.24) is 4.98 Å². The Bertz CT molecular complexity index is 586. The molecular weight excluding hydrogens is 256 g/mol. The third-order valence-corrected chi connectivity index (χ3v) is 4.30. The van der Waals surface area contributed by atoms with Crippen LogP contribution in [-0.4, -0.2) is 17.3 Å². The van der Waals surface area contributed by atoms with Crippen molar-refractivity contribution in [1.29, 1.82) is 0 Å². The maximum atomic E-state index is 5.87. The fraction of sp³-hybridized carbons (Fsp3) is 0.267. The highest BCUT2D eigenvalue weighted by Crippen LogP contribution is 2.28. The molecule has 2 heterocycles. The summed E-state index contributed by atoms with van der Waals surface area (Å²) >= 11 is 1.78. The van der Waals surface area contributed by atoms with Crippen LogP contribution in [0.3, 0.4) is 0 Å². The molecule has 0 radical (unpaired) electrons. The van der Waals surface area contributed by atoms with Gasteiger partial charge in [0.1, 0.15) is 5.75 Å². The number of ether oxygens (including phenoxy) is 1. The summed E-state index contributed by atoms with van der Waals surface area (Å²) in [7, 11) is 0. The van der Waals surface area contributed by atoms with E-state index in [1.165, 1.54) is 11.1 Å². The van der Waals surface area contributed by atoms with Gasteiger partial charge in [0, 0.05) is 23.3 Å². The average Bonchev–Trinajstić information content (AvgIpc) is 2.88. The Labute approximate surface area is 117 Å². The molecule has 0 saturated carbocycles. The van der Waals surface area contributed by atoms with E-state index in [0.29, 0.717) is 0 Å². The molecule has 3 nitrogen and oxygen atoms in total. The molecule has 0 atom stereocenters. The summed E-state index contributed by atoms with van der Waals surface area (Å²) in [4.78, 5) is 5.11. The number of nitrogens with zero attached hydrogens (tertiary/aromatic N) is 1. The van der Waals surface area contributed by atoms with E-state index < -0.39 is 0 Å². The molecule has 0 amide bonds. The molecule has 0 aliphatic carbocycles. The summed E-state index contributed by atoms with van der Waals surface area (Å²) in [6, 6.07) is 8.47. The fourth-order valence-electron chi connectivity index (χ4n) is 2.20. The molecule has 2 N–H and O–H groups in total. The van der Waals surface area contributed by atoms with E-state index in [1.807, 2.05) is 6.07 Å². The highest BCUT2D eigenvalue weighted by molar-refractivity contribution is 7.99. The smallest absolute Gasteiger partial charge is 0.122 e. The van der Waals surface area contributed by atoms with Crippen LogP contribution >= 0.6 is 11.8 Å². The van der Waals surface area contributed by atoms with Gasteiger partial charge in [0.25, 0.3) is 0 Å². The van der Waals surface area contributed by atoms with Crippen molar-refractivity contribution in [2.45, 2.75) is 17.7 Å². The van der Waals surface area contributed by atoms with Crippen LogP contribution in [0.15, 0.2) is 41.6 Å². The highest BCUT2D eigenvalue weighted by Gasteiger charge is 2.11. The van der Waals surface area contributed by atoms with Crippen molar-refractivity contribution < 1.29 is 4.74 Å². The van der Waals surface area contributed by atoms with Gasteiger partial charge >= 0.3 is 0 Å². The Hall–Kier alpha value is -1.68. The number of pyridine rings is 1. The third kappa shape index (κ3) is 2.84. The summed E-state index contributed by atoms with van der Waals surface area (Å²) in [6.45, 7) is 0.821. The number of anilines is 1. The molecule has 0 fully saturated rings. The topological polar surface area (TPSA) is 48.1 Å². The third-order valence-electron chi connectivity index (χ3n) is 3.21. The minimum atomic E-state index is 0.759. The fourth-order valence-corrected chi connectivity index (χ4v) is 3.13. The van der Waals surface area contributed by atoms with Crippen molar-refractivity contribution in [2.75, 3.05) is 18.1 Å². The molecule has 1 aromatic carbocycles. The molecule has 19 heavy (non-hydrogen) atoms. The van der Waals surface area contributed by atoms with Crippen molar-refractivity contribution in [3.05, 3.63) is 47.8 Å². The lowest BCUT2D eigenvalue weighted by Gasteiger charge is -2.06. The lowest BCUT2D eigenvalue weighted by molar-refractivity contribution is 0.357. The molecule has 0 spiro atoms. The van der Waals surface area contributed by atoms with Gasteiger partial charge < -0.3 is 10.5 Å². The van der Waals surface area contributed by atoms with Crippen LogP contribution in [0.5, 0.6) is 5.75 Å². The van der Waals surface area contributed by atoms with Gasteiger partial charge in [-0.2, -0.15) is 0 Å². The maximum Gasteiger partial charge on any atom is 0.122 e. The first-order chi connectivity index (χ1) is 9.33. The lowest BCUT2D eigenvalue weighted by atomic mass is 10.1. The molecule has 0 saturated heterocycles. The number of aryl methyl sites for hydroxylation is 1. The van der Waals surface area contributed by atoms with Gasteiger partial charge in [-0.1, -0.05) is 12.1 Å². The van der Waals surface area contributed by atoms with E-state index in [2.05, 4.69) is 23.2 Å². The van der Waals surface area contributed by atoms with E-state index >= 15 is 0 Å². The zero-order valence-corrected chi connectivity index (χ0v) is 11.5. The largest absolute Gasteiger partial charge is 0.493 e. The van der Waals surface area contributed by atoms with Gasteiger partial charge in [-0.3, -0.25) is 4.98 Å². The van der Waals surface area contributed by atoms with E-state index in [0.717, 1.165) is 41.5 Å². The van der Waals surface area contributed by atoms with Crippen LogP contribution in [0, 0.1) is 0 Å². The van der Waals surface area contributed by atoms with Crippen molar-refractivity contribution in [2.24, 2.45) is 0 Å². The molecule has 1 aliphatic heterocycles. The summed E-state index contributed by atoms with van der Waals surface area (Å²) in [6.07, 6.45) is 5.56. The maximum absolute atomic E-state index is 5.87. The molecule has 4 heteroatoms. The Kier molecular flexibility index (Phi) is 3.60. The Morgan fingerprint density at radius 1 is 1.32 bits per heavy atom. The molecule has 1 aliphatic rings. The second-order valence-corrected chi connectivity index (χ2v) is 5.69. The van der Waals surface area contributed by atoms with E-state index in [1.54, 1.807) is 24.2 Å². The number of hydrogen-bond acceptors (Lipinski definition) is 4. The van der Waals surface area contributed by atoms with Crippen LogP contribution in [0.4, 0.5) is 5.69 Å². The van der Waals surface area contributed by atoms with E-state index in [9.17, 15) is 0 Å². The second kappa shape index (κ2) is 5.53. The zero-order valence-electron chi connectivity index (χ0n) is 10.6. The van der Waals surface area contributed by atoms with Crippen molar-refractivity contribution >= 4 is 17.4 Å². The summed E-state index contributed by atoms with van der Waals surface area (Å²) in [5.74, 6) is 2.07. The molecule has 0 unspecified atom stereocenters. The Balaban J connectivity index is 1.59. The number of rotatable bonds is 4. The van der Waals surface area contributed by atoms with Crippen LogP contribution in [0.2, 0.25) is 0 Å². The quantitative estimate of drug-likeness (QED) is 0.869. The normalized spacial score (nSPS) is 13.1. The molecular formula is C15H16N2OS. The first-order valence-electron chi connectivity index (χ1n) is 6.40.